The molecule has 154 valence electrons. The van der Waals surface area contributed by atoms with E-state index in [-0.39, 0.29) is 11.8 Å². The van der Waals surface area contributed by atoms with Crippen molar-refractivity contribution in [2.75, 3.05) is 11.9 Å². The molecule has 1 N–H and O–H groups in total. The molecule has 0 fully saturated rings. The molecule has 30 heavy (non-hydrogen) atoms. The van der Waals surface area contributed by atoms with Crippen LogP contribution in [0, 0.1) is 5.92 Å². The molecule has 6 heteroatoms. The maximum absolute atomic E-state index is 13.8. The van der Waals surface area contributed by atoms with Gasteiger partial charge in [0.15, 0.2) is 0 Å². The lowest BCUT2D eigenvalue weighted by molar-refractivity contribution is -0.126. The second-order valence-electron chi connectivity index (χ2n) is 8.33. The van der Waals surface area contributed by atoms with Crippen molar-refractivity contribution in [3.63, 3.8) is 0 Å². The minimum Gasteiger partial charge on any atom is -0.494 e. The second-order valence-corrected chi connectivity index (χ2v) is 9.30. The molecule has 0 aliphatic carbocycles. The van der Waals surface area contributed by atoms with Crippen molar-refractivity contribution >= 4 is 22.9 Å². The summed E-state index contributed by atoms with van der Waals surface area (Å²) in [6.45, 7) is 6.68. The molecule has 1 spiro atoms. The minimum atomic E-state index is -0.845. The monoisotopic (exact) mass is 420 g/mol. The standard InChI is InChI=1S/C24H24N2O3S/c1-4-28-15-9-10-18-20(11-15)29-23(2,3)21(12-16-13-25-14-30-16)24(18)17-7-5-6-8-19(17)26-22(24)27/h5-11,13-14,21H,4,12H2,1-3H3,(H,26,27). The van der Waals surface area contributed by atoms with E-state index >= 15 is 0 Å². The maximum atomic E-state index is 13.8. The Labute approximate surface area is 180 Å². The fraction of sp³-hybridized carbons (Fsp3) is 0.333. The highest BCUT2D eigenvalue weighted by molar-refractivity contribution is 7.09. The Morgan fingerprint density at radius 1 is 1.20 bits per heavy atom. The third-order valence-corrected chi connectivity index (χ3v) is 7.07. The van der Waals surface area contributed by atoms with Crippen LogP contribution < -0.4 is 14.8 Å². The van der Waals surface area contributed by atoms with Gasteiger partial charge >= 0.3 is 0 Å². The van der Waals surface area contributed by atoms with E-state index < -0.39 is 11.0 Å². The summed E-state index contributed by atoms with van der Waals surface area (Å²) in [5.41, 5.74) is 3.17. The van der Waals surface area contributed by atoms with E-state index in [4.69, 9.17) is 9.47 Å². The lowest BCUT2D eigenvalue weighted by Crippen LogP contribution is -2.58. The summed E-state index contributed by atoms with van der Waals surface area (Å²) < 4.78 is 12.3. The van der Waals surface area contributed by atoms with Gasteiger partial charge in [-0.2, -0.15) is 0 Å². The van der Waals surface area contributed by atoms with Gasteiger partial charge in [0.05, 0.1) is 12.1 Å². The molecule has 0 saturated carbocycles. The Morgan fingerprint density at radius 2 is 2.03 bits per heavy atom. The molecular weight excluding hydrogens is 396 g/mol. The molecule has 2 aliphatic heterocycles. The van der Waals surface area contributed by atoms with Crippen LogP contribution in [0.1, 0.15) is 36.8 Å². The third kappa shape index (κ3) is 2.67. The fourth-order valence-corrected chi connectivity index (χ4v) is 5.71. The number of hydrogen-bond donors (Lipinski definition) is 1. The number of thiazole rings is 1. The molecular formula is C24H24N2O3S. The number of benzene rings is 2. The SMILES string of the molecule is CCOc1ccc2c(c1)OC(C)(C)C(Cc1cncs1)C21C(=O)Nc2ccccc21. The zero-order valence-electron chi connectivity index (χ0n) is 17.3. The summed E-state index contributed by atoms with van der Waals surface area (Å²) >= 11 is 1.61. The maximum Gasteiger partial charge on any atom is 0.240 e. The summed E-state index contributed by atoms with van der Waals surface area (Å²) in [5.74, 6) is 1.34. The predicted octanol–water partition coefficient (Wildman–Crippen LogP) is 4.81. The molecule has 2 aliphatic rings. The normalized spacial score (nSPS) is 23.4. The first kappa shape index (κ1) is 19.1. The van der Waals surface area contributed by atoms with E-state index in [0.29, 0.717) is 18.8 Å². The van der Waals surface area contributed by atoms with Crippen molar-refractivity contribution in [3.8, 4) is 11.5 Å². The lowest BCUT2D eigenvalue weighted by Gasteiger charge is -2.50. The molecule has 2 atom stereocenters. The van der Waals surface area contributed by atoms with Crippen LogP contribution in [0.25, 0.3) is 0 Å². The zero-order chi connectivity index (χ0) is 20.9. The number of nitrogens with zero attached hydrogens (tertiary/aromatic N) is 1. The molecule has 2 aromatic carbocycles. The Bertz CT molecular complexity index is 1110. The number of aromatic nitrogens is 1. The molecule has 3 heterocycles. The highest BCUT2D eigenvalue weighted by atomic mass is 32.1. The van der Waals surface area contributed by atoms with E-state index in [9.17, 15) is 4.79 Å². The first-order valence-electron chi connectivity index (χ1n) is 10.2. The first-order valence-corrected chi connectivity index (χ1v) is 11.1. The number of para-hydroxylation sites is 1. The Balaban J connectivity index is 1.78. The van der Waals surface area contributed by atoms with Crippen molar-refractivity contribution in [1.29, 1.82) is 0 Å². The zero-order valence-corrected chi connectivity index (χ0v) is 18.1. The number of carbonyl (C=O) groups excluding carboxylic acids is 1. The molecule has 3 aromatic rings. The van der Waals surface area contributed by atoms with Crippen molar-refractivity contribution in [3.05, 3.63) is 70.2 Å². The lowest BCUT2D eigenvalue weighted by atomic mass is 9.58. The smallest absolute Gasteiger partial charge is 0.240 e. The van der Waals surface area contributed by atoms with Crippen LogP contribution >= 0.6 is 11.3 Å². The van der Waals surface area contributed by atoms with Crippen molar-refractivity contribution in [2.45, 2.75) is 38.2 Å². The number of anilines is 1. The van der Waals surface area contributed by atoms with Gasteiger partial charge < -0.3 is 14.8 Å². The van der Waals surface area contributed by atoms with E-state index in [1.165, 1.54) is 0 Å². The van der Waals surface area contributed by atoms with Crippen LogP contribution in [0.4, 0.5) is 5.69 Å². The number of hydrogen-bond acceptors (Lipinski definition) is 5. The molecule has 1 aromatic heterocycles. The molecule has 2 unspecified atom stereocenters. The van der Waals surface area contributed by atoms with E-state index in [1.807, 2.05) is 55.0 Å². The Morgan fingerprint density at radius 3 is 2.80 bits per heavy atom. The van der Waals surface area contributed by atoms with E-state index in [1.54, 1.807) is 11.3 Å². The van der Waals surface area contributed by atoms with Gasteiger partial charge in [-0.25, -0.2) is 0 Å². The van der Waals surface area contributed by atoms with Gasteiger partial charge in [-0.05, 0) is 44.9 Å². The van der Waals surface area contributed by atoms with Crippen molar-refractivity contribution in [2.24, 2.45) is 5.92 Å². The summed E-state index contributed by atoms with van der Waals surface area (Å²) in [4.78, 5) is 19.2. The highest BCUT2D eigenvalue weighted by Crippen LogP contribution is 2.58. The van der Waals surface area contributed by atoms with Gasteiger partial charge in [-0.3, -0.25) is 9.78 Å². The van der Waals surface area contributed by atoms with Crippen LogP contribution in [-0.4, -0.2) is 23.1 Å². The Hall–Kier alpha value is -2.86. The predicted molar refractivity (Wildman–Crippen MR) is 117 cm³/mol. The Kier molecular flexibility index (Phi) is 4.36. The van der Waals surface area contributed by atoms with Crippen molar-refractivity contribution in [1.82, 2.24) is 4.98 Å². The number of amides is 1. The van der Waals surface area contributed by atoms with E-state index in [0.717, 1.165) is 27.4 Å². The van der Waals surface area contributed by atoms with Gasteiger partial charge in [0.25, 0.3) is 0 Å². The van der Waals surface area contributed by atoms with Crippen LogP contribution in [0.5, 0.6) is 11.5 Å². The van der Waals surface area contributed by atoms with Crippen LogP contribution in [0.2, 0.25) is 0 Å². The summed E-state index contributed by atoms with van der Waals surface area (Å²) in [6.07, 6.45) is 2.59. The van der Waals surface area contributed by atoms with Gasteiger partial charge in [0, 0.05) is 34.3 Å². The fourth-order valence-electron chi connectivity index (χ4n) is 5.07. The van der Waals surface area contributed by atoms with Gasteiger partial charge in [-0.15, -0.1) is 11.3 Å². The number of fused-ring (bicyclic) bond motifs is 4. The second kappa shape index (κ2) is 6.84. The average Bonchev–Trinajstić information content (AvgIpc) is 3.32. The van der Waals surface area contributed by atoms with Crippen LogP contribution in [0.3, 0.4) is 0 Å². The summed E-state index contributed by atoms with van der Waals surface area (Å²) in [6, 6.07) is 13.8. The van der Waals surface area contributed by atoms with Gasteiger partial charge in [0.2, 0.25) is 5.91 Å². The molecule has 5 nitrogen and oxygen atoms in total. The quantitative estimate of drug-likeness (QED) is 0.658. The molecule has 0 saturated heterocycles. The summed E-state index contributed by atoms with van der Waals surface area (Å²) in [5, 5.41) is 3.15. The average molecular weight is 421 g/mol. The molecule has 0 radical (unpaired) electrons. The number of nitrogens with one attached hydrogen (secondary N) is 1. The highest BCUT2D eigenvalue weighted by Gasteiger charge is 2.62. The van der Waals surface area contributed by atoms with Crippen molar-refractivity contribution < 1.29 is 14.3 Å². The molecule has 1 amide bonds. The molecule has 0 bridgehead atoms. The molecule has 5 rings (SSSR count). The van der Waals surface area contributed by atoms with Crippen LogP contribution in [-0.2, 0) is 16.6 Å². The largest absolute Gasteiger partial charge is 0.494 e. The third-order valence-electron chi connectivity index (χ3n) is 6.27. The number of carbonyl (C=O) groups is 1. The van der Waals surface area contributed by atoms with Crippen LogP contribution in [0.15, 0.2) is 54.2 Å². The summed E-state index contributed by atoms with van der Waals surface area (Å²) in [7, 11) is 0. The topological polar surface area (TPSA) is 60.5 Å². The van der Waals surface area contributed by atoms with E-state index in [2.05, 4.69) is 30.2 Å². The number of rotatable bonds is 4. The first-order chi connectivity index (χ1) is 14.5. The van der Waals surface area contributed by atoms with Gasteiger partial charge in [0.1, 0.15) is 22.5 Å². The minimum absolute atomic E-state index is 0.000000184. The number of ether oxygens (including phenoxy) is 2. The van der Waals surface area contributed by atoms with Gasteiger partial charge in [-0.1, -0.05) is 24.3 Å².